The van der Waals surface area contributed by atoms with Crippen LogP contribution in [0.5, 0.6) is 0 Å². The molecule has 3 rings (SSSR count). The van der Waals surface area contributed by atoms with Crippen molar-refractivity contribution in [2.75, 3.05) is 0 Å². The molecule has 0 heterocycles. The molecule has 0 aromatic heterocycles. The van der Waals surface area contributed by atoms with Gasteiger partial charge in [-0.2, -0.15) is 0 Å². The molecule has 0 saturated heterocycles. The SMILES string of the molecule is CC(C)(C)C1CCC2CC3CCCCC3CC2C1. The molecule has 5 unspecified atom stereocenters. The summed E-state index contributed by atoms with van der Waals surface area (Å²) < 4.78 is 0. The summed E-state index contributed by atoms with van der Waals surface area (Å²) in [6.45, 7) is 7.39. The topological polar surface area (TPSA) is 0 Å². The van der Waals surface area contributed by atoms with Crippen LogP contribution in [0.3, 0.4) is 0 Å². The van der Waals surface area contributed by atoms with Gasteiger partial charge in [-0.3, -0.25) is 0 Å². The van der Waals surface area contributed by atoms with Gasteiger partial charge in [0.2, 0.25) is 0 Å². The number of fused-ring (bicyclic) bond motifs is 2. The first-order valence-corrected chi connectivity index (χ1v) is 8.54. The Hall–Kier alpha value is 0. The molecule has 3 aliphatic rings. The van der Waals surface area contributed by atoms with E-state index < -0.39 is 0 Å². The minimum absolute atomic E-state index is 0.550. The lowest BCUT2D eigenvalue weighted by Crippen LogP contribution is -2.39. The van der Waals surface area contributed by atoms with Crippen molar-refractivity contribution in [1.82, 2.24) is 0 Å². The first kappa shape index (κ1) is 13.0. The van der Waals surface area contributed by atoms with Crippen LogP contribution in [-0.4, -0.2) is 0 Å². The van der Waals surface area contributed by atoms with Crippen molar-refractivity contribution in [3.05, 3.63) is 0 Å². The number of hydrogen-bond acceptors (Lipinski definition) is 0. The molecule has 3 saturated carbocycles. The van der Waals surface area contributed by atoms with Crippen molar-refractivity contribution in [2.45, 2.75) is 78.6 Å². The Kier molecular flexibility index (Phi) is 3.49. The van der Waals surface area contributed by atoms with E-state index in [9.17, 15) is 0 Å². The van der Waals surface area contributed by atoms with Gasteiger partial charge in [0.25, 0.3) is 0 Å². The van der Waals surface area contributed by atoms with Crippen LogP contribution in [0, 0.1) is 35.0 Å². The highest BCUT2D eigenvalue weighted by Crippen LogP contribution is 2.53. The molecule has 3 aliphatic carbocycles. The van der Waals surface area contributed by atoms with E-state index in [-0.39, 0.29) is 0 Å². The van der Waals surface area contributed by atoms with E-state index >= 15 is 0 Å². The van der Waals surface area contributed by atoms with Crippen LogP contribution < -0.4 is 0 Å². The smallest absolute Gasteiger partial charge is 0.0354 e. The van der Waals surface area contributed by atoms with Gasteiger partial charge in [-0.15, -0.1) is 0 Å². The van der Waals surface area contributed by atoms with Crippen molar-refractivity contribution in [3.63, 3.8) is 0 Å². The fraction of sp³-hybridized carbons (Fsp3) is 1.00. The molecular formula is C18H32. The molecule has 0 heteroatoms. The molecule has 0 radical (unpaired) electrons. The van der Waals surface area contributed by atoms with Crippen molar-refractivity contribution in [3.8, 4) is 0 Å². The van der Waals surface area contributed by atoms with Crippen LogP contribution in [-0.2, 0) is 0 Å². The summed E-state index contributed by atoms with van der Waals surface area (Å²) in [5, 5.41) is 0. The summed E-state index contributed by atoms with van der Waals surface area (Å²) in [5.74, 6) is 5.47. The normalized spacial score (nSPS) is 45.2. The molecule has 0 amide bonds. The van der Waals surface area contributed by atoms with E-state index in [0.717, 1.165) is 29.6 Å². The van der Waals surface area contributed by atoms with E-state index in [2.05, 4.69) is 20.8 Å². The summed E-state index contributed by atoms with van der Waals surface area (Å²) in [4.78, 5) is 0. The maximum absolute atomic E-state index is 2.46. The minimum atomic E-state index is 0.550. The maximum Gasteiger partial charge on any atom is -0.0354 e. The van der Waals surface area contributed by atoms with Gasteiger partial charge in [0.05, 0.1) is 0 Å². The Bertz CT molecular complexity index is 285. The Balaban J connectivity index is 1.65. The quantitative estimate of drug-likeness (QED) is 0.518. The lowest BCUT2D eigenvalue weighted by molar-refractivity contribution is 0.0111. The molecular weight excluding hydrogens is 216 g/mol. The monoisotopic (exact) mass is 248 g/mol. The minimum Gasteiger partial charge on any atom is -0.0599 e. The molecule has 0 aromatic carbocycles. The van der Waals surface area contributed by atoms with Crippen molar-refractivity contribution in [1.29, 1.82) is 0 Å². The van der Waals surface area contributed by atoms with Gasteiger partial charge in [-0.25, -0.2) is 0 Å². The van der Waals surface area contributed by atoms with E-state index in [1.807, 2.05) is 0 Å². The van der Waals surface area contributed by atoms with Crippen LogP contribution >= 0.6 is 0 Å². The number of hydrogen-bond donors (Lipinski definition) is 0. The largest absolute Gasteiger partial charge is 0.0599 e. The fourth-order valence-corrected chi connectivity index (χ4v) is 5.40. The van der Waals surface area contributed by atoms with Crippen LogP contribution in [0.4, 0.5) is 0 Å². The van der Waals surface area contributed by atoms with Crippen LogP contribution in [0.2, 0.25) is 0 Å². The van der Waals surface area contributed by atoms with E-state index in [4.69, 9.17) is 0 Å². The van der Waals surface area contributed by atoms with Gasteiger partial charge in [-0.1, -0.05) is 46.5 Å². The fourth-order valence-electron chi connectivity index (χ4n) is 5.40. The zero-order valence-corrected chi connectivity index (χ0v) is 12.8. The molecule has 0 aliphatic heterocycles. The molecule has 0 aromatic rings. The van der Waals surface area contributed by atoms with E-state index in [0.29, 0.717) is 5.41 Å². The Morgan fingerprint density at radius 2 is 1.17 bits per heavy atom. The van der Waals surface area contributed by atoms with Crippen molar-refractivity contribution in [2.24, 2.45) is 35.0 Å². The molecule has 5 atom stereocenters. The Morgan fingerprint density at radius 1 is 0.611 bits per heavy atom. The molecule has 3 fully saturated rings. The van der Waals surface area contributed by atoms with Gasteiger partial charge in [0.1, 0.15) is 0 Å². The van der Waals surface area contributed by atoms with Gasteiger partial charge < -0.3 is 0 Å². The molecule has 0 nitrogen and oxygen atoms in total. The average molecular weight is 248 g/mol. The Morgan fingerprint density at radius 3 is 1.78 bits per heavy atom. The second kappa shape index (κ2) is 4.84. The summed E-state index contributed by atoms with van der Waals surface area (Å²) in [5.41, 5.74) is 0.550. The van der Waals surface area contributed by atoms with Crippen LogP contribution in [0.25, 0.3) is 0 Å². The highest BCUT2D eigenvalue weighted by molar-refractivity contribution is 4.93. The second-order valence-corrected chi connectivity index (χ2v) is 8.67. The maximum atomic E-state index is 2.46. The van der Waals surface area contributed by atoms with E-state index in [1.54, 1.807) is 38.5 Å². The highest BCUT2D eigenvalue weighted by Gasteiger charge is 2.42. The lowest BCUT2D eigenvalue weighted by Gasteiger charge is -2.49. The zero-order chi connectivity index (χ0) is 12.8. The Labute approximate surface area is 114 Å². The third-order valence-corrected chi connectivity index (χ3v) is 6.64. The van der Waals surface area contributed by atoms with Gasteiger partial charge in [0, 0.05) is 0 Å². The molecule has 0 N–H and O–H groups in total. The molecule has 18 heavy (non-hydrogen) atoms. The first-order valence-electron chi connectivity index (χ1n) is 8.54. The zero-order valence-electron chi connectivity index (χ0n) is 12.8. The summed E-state index contributed by atoms with van der Waals surface area (Å²) in [7, 11) is 0. The summed E-state index contributed by atoms with van der Waals surface area (Å²) in [6.07, 6.45) is 14.0. The van der Waals surface area contributed by atoms with Crippen LogP contribution in [0.15, 0.2) is 0 Å². The molecule has 104 valence electrons. The predicted octanol–water partition coefficient (Wildman–Crippen LogP) is 5.67. The van der Waals surface area contributed by atoms with Crippen molar-refractivity contribution >= 4 is 0 Å². The predicted molar refractivity (Wildman–Crippen MR) is 78.5 cm³/mol. The third kappa shape index (κ3) is 2.49. The summed E-state index contributed by atoms with van der Waals surface area (Å²) >= 11 is 0. The first-order chi connectivity index (χ1) is 8.54. The van der Waals surface area contributed by atoms with Gasteiger partial charge in [0.15, 0.2) is 0 Å². The van der Waals surface area contributed by atoms with Gasteiger partial charge in [-0.05, 0) is 67.1 Å². The standard InChI is InChI=1S/C18H32/c1-18(2,3)17-9-8-15-10-13-6-4-5-7-14(13)11-16(15)12-17/h13-17H,4-12H2,1-3H3. The van der Waals surface area contributed by atoms with Crippen LogP contribution in [0.1, 0.15) is 78.6 Å². The van der Waals surface area contributed by atoms with Gasteiger partial charge >= 0.3 is 0 Å². The second-order valence-electron chi connectivity index (χ2n) is 8.67. The van der Waals surface area contributed by atoms with Crippen molar-refractivity contribution < 1.29 is 0 Å². The number of rotatable bonds is 0. The molecule has 0 bridgehead atoms. The third-order valence-electron chi connectivity index (χ3n) is 6.64. The average Bonchev–Trinajstić information content (AvgIpc) is 2.34. The molecule has 0 spiro atoms. The lowest BCUT2D eigenvalue weighted by atomic mass is 9.56. The highest BCUT2D eigenvalue weighted by atomic mass is 14.5. The summed E-state index contributed by atoms with van der Waals surface area (Å²) in [6, 6.07) is 0. The van der Waals surface area contributed by atoms with E-state index in [1.165, 1.54) is 19.3 Å².